The van der Waals surface area contributed by atoms with E-state index in [2.05, 4.69) is 0 Å². The minimum absolute atomic E-state index is 0.116. The van der Waals surface area contributed by atoms with Crippen molar-refractivity contribution in [1.29, 1.82) is 0 Å². The molecule has 146 valence electrons. The Morgan fingerprint density at radius 3 is 2.38 bits per heavy atom. The molecule has 9 heteroatoms. The number of nitro benzene ring substituents is 1. The molecule has 0 fully saturated rings. The van der Waals surface area contributed by atoms with E-state index < -0.39 is 16.5 Å². The number of hydrogen-bond acceptors (Lipinski definition) is 8. The van der Waals surface area contributed by atoms with Crippen molar-refractivity contribution in [2.75, 3.05) is 40.1 Å². The summed E-state index contributed by atoms with van der Waals surface area (Å²) in [5.74, 6) is 0.229. The number of non-ortho nitro benzene ring substituents is 1. The summed E-state index contributed by atoms with van der Waals surface area (Å²) in [5.41, 5.74) is -1.15. The molecule has 9 nitrogen and oxygen atoms in total. The minimum atomic E-state index is -1.03. The summed E-state index contributed by atoms with van der Waals surface area (Å²) in [6.07, 6.45) is 0. The van der Waals surface area contributed by atoms with Gasteiger partial charge in [0.05, 0.1) is 50.6 Å². The van der Waals surface area contributed by atoms with E-state index in [1.807, 2.05) is 0 Å². The van der Waals surface area contributed by atoms with Crippen LogP contribution in [0.15, 0.2) is 18.2 Å². The Hall–Kier alpha value is -2.39. The van der Waals surface area contributed by atoms with E-state index in [1.165, 1.54) is 19.2 Å². The van der Waals surface area contributed by atoms with Gasteiger partial charge in [-0.05, 0) is 20.8 Å². The summed E-state index contributed by atoms with van der Waals surface area (Å²) in [6, 6.07) is 4.18. The number of carbonyl (C=O) groups is 1. The van der Waals surface area contributed by atoms with Crippen LogP contribution in [0.3, 0.4) is 0 Å². The normalized spacial score (nSPS) is 11.1. The van der Waals surface area contributed by atoms with E-state index in [4.69, 9.17) is 23.7 Å². The zero-order valence-corrected chi connectivity index (χ0v) is 15.5. The van der Waals surface area contributed by atoms with Gasteiger partial charge in [0.15, 0.2) is 5.60 Å². The summed E-state index contributed by atoms with van der Waals surface area (Å²) in [6.45, 7) is 6.23. The van der Waals surface area contributed by atoms with Gasteiger partial charge in [-0.3, -0.25) is 10.1 Å². The summed E-state index contributed by atoms with van der Waals surface area (Å²) >= 11 is 0. The number of methoxy groups -OCH3 is 1. The van der Waals surface area contributed by atoms with Crippen LogP contribution in [0, 0.1) is 10.1 Å². The Kier molecular flexibility index (Phi) is 8.80. The van der Waals surface area contributed by atoms with E-state index in [-0.39, 0.29) is 32.1 Å². The first-order valence-corrected chi connectivity index (χ1v) is 8.15. The Bertz CT molecular complexity index is 602. The monoisotopic (exact) mass is 371 g/mol. The smallest absolute Gasteiger partial charge is 0.337 e. The van der Waals surface area contributed by atoms with Gasteiger partial charge in [0.1, 0.15) is 18.1 Å². The third-order valence-corrected chi connectivity index (χ3v) is 3.27. The van der Waals surface area contributed by atoms with Gasteiger partial charge in [-0.2, -0.15) is 0 Å². The van der Waals surface area contributed by atoms with E-state index in [1.54, 1.807) is 26.8 Å². The van der Waals surface area contributed by atoms with Crippen molar-refractivity contribution in [3.8, 4) is 11.5 Å². The quantitative estimate of drug-likeness (QED) is 0.239. The van der Waals surface area contributed by atoms with Gasteiger partial charge in [-0.15, -0.1) is 0 Å². The van der Waals surface area contributed by atoms with Crippen LogP contribution < -0.4 is 9.47 Å². The molecule has 0 saturated heterocycles. The third-order valence-electron chi connectivity index (χ3n) is 3.27. The topological polar surface area (TPSA) is 106 Å². The highest BCUT2D eigenvalue weighted by Crippen LogP contribution is 2.27. The van der Waals surface area contributed by atoms with Crippen molar-refractivity contribution < 1.29 is 33.4 Å². The predicted octanol–water partition coefficient (Wildman–Crippen LogP) is 2.36. The number of benzene rings is 1. The molecule has 0 unspecified atom stereocenters. The van der Waals surface area contributed by atoms with Crippen LogP contribution in [0.25, 0.3) is 0 Å². The van der Waals surface area contributed by atoms with Crippen LogP contribution in [0.1, 0.15) is 20.8 Å². The molecule has 0 heterocycles. The molecular weight excluding hydrogens is 346 g/mol. The maximum atomic E-state index is 11.6. The molecule has 0 spiro atoms. The number of nitro groups is 1. The largest absolute Gasteiger partial charge is 0.496 e. The molecule has 0 bridgehead atoms. The molecule has 0 aliphatic heterocycles. The number of carbonyl (C=O) groups excluding carboxylic acids is 1. The first-order valence-electron chi connectivity index (χ1n) is 8.15. The second-order valence-electron chi connectivity index (χ2n) is 5.66. The minimum Gasteiger partial charge on any atom is -0.496 e. The molecule has 1 aromatic carbocycles. The second-order valence-corrected chi connectivity index (χ2v) is 5.66. The van der Waals surface area contributed by atoms with Gasteiger partial charge >= 0.3 is 5.97 Å². The molecule has 0 aliphatic carbocycles. The van der Waals surface area contributed by atoms with Gasteiger partial charge in [-0.1, -0.05) is 0 Å². The zero-order chi connectivity index (χ0) is 19.6. The number of hydrogen-bond donors (Lipinski definition) is 0. The van der Waals surface area contributed by atoms with Crippen LogP contribution in [0.2, 0.25) is 0 Å². The van der Waals surface area contributed by atoms with Crippen molar-refractivity contribution in [1.82, 2.24) is 0 Å². The molecule has 0 saturated carbocycles. The summed E-state index contributed by atoms with van der Waals surface area (Å²) in [7, 11) is 1.42. The van der Waals surface area contributed by atoms with Gasteiger partial charge in [0, 0.05) is 6.07 Å². The Labute approximate surface area is 152 Å². The Morgan fingerprint density at radius 1 is 1.12 bits per heavy atom. The third kappa shape index (κ3) is 7.24. The number of rotatable bonds is 12. The Morgan fingerprint density at radius 2 is 1.77 bits per heavy atom. The van der Waals surface area contributed by atoms with Gasteiger partial charge in [-0.25, -0.2) is 4.79 Å². The lowest BCUT2D eigenvalue weighted by atomic mass is 10.1. The van der Waals surface area contributed by atoms with Crippen LogP contribution in [0.4, 0.5) is 5.69 Å². The molecule has 0 aliphatic rings. The van der Waals surface area contributed by atoms with Crippen molar-refractivity contribution >= 4 is 11.7 Å². The fourth-order valence-electron chi connectivity index (χ4n) is 1.90. The highest BCUT2D eigenvalue weighted by Gasteiger charge is 2.29. The van der Waals surface area contributed by atoms with E-state index in [0.717, 1.165) is 0 Å². The summed E-state index contributed by atoms with van der Waals surface area (Å²) in [4.78, 5) is 22.0. The van der Waals surface area contributed by atoms with Crippen molar-refractivity contribution in [2.45, 2.75) is 26.4 Å². The van der Waals surface area contributed by atoms with Crippen molar-refractivity contribution in [2.24, 2.45) is 0 Å². The predicted molar refractivity (Wildman–Crippen MR) is 92.6 cm³/mol. The highest BCUT2D eigenvalue weighted by molar-refractivity contribution is 5.78. The van der Waals surface area contributed by atoms with Gasteiger partial charge in [0.25, 0.3) is 5.69 Å². The first-order chi connectivity index (χ1) is 12.3. The maximum absolute atomic E-state index is 11.6. The lowest BCUT2D eigenvalue weighted by Gasteiger charge is -2.22. The average molecular weight is 371 g/mol. The molecule has 0 atom stereocenters. The van der Waals surface area contributed by atoms with Crippen molar-refractivity contribution in [3.05, 3.63) is 28.3 Å². The molecule has 0 aromatic heterocycles. The molecular formula is C17H25NO8. The van der Waals surface area contributed by atoms with Gasteiger partial charge < -0.3 is 23.7 Å². The fourth-order valence-corrected chi connectivity index (χ4v) is 1.90. The lowest BCUT2D eigenvalue weighted by molar-refractivity contribution is -0.385. The number of esters is 1. The van der Waals surface area contributed by atoms with E-state index >= 15 is 0 Å². The Balaban J connectivity index is 2.30. The standard InChI is InChI=1S/C17H25NO8/c1-5-24-16(19)17(2,3)26-9-7-23-6-8-25-15-11-13(18(20)21)10-14(12-15)22-4/h10-12H,5-9H2,1-4H3. The number of nitrogens with zero attached hydrogens (tertiary/aromatic N) is 1. The summed E-state index contributed by atoms with van der Waals surface area (Å²) in [5, 5.41) is 10.9. The van der Waals surface area contributed by atoms with Crippen molar-refractivity contribution in [3.63, 3.8) is 0 Å². The second kappa shape index (κ2) is 10.6. The van der Waals surface area contributed by atoms with E-state index in [0.29, 0.717) is 18.1 Å². The van der Waals surface area contributed by atoms with Crippen LogP contribution in [0.5, 0.6) is 11.5 Å². The molecule has 1 rings (SSSR count). The molecule has 0 amide bonds. The first kappa shape index (κ1) is 21.7. The highest BCUT2D eigenvalue weighted by atomic mass is 16.6. The molecule has 0 N–H and O–H groups in total. The number of ether oxygens (including phenoxy) is 5. The van der Waals surface area contributed by atoms with Crippen LogP contribution in [-0.2, 0) is 19.0 Å². The summed E-state index contributed by atoms with van der Waals surface area (Å²) < 4.78 is 26.2. The van der Waals surface area contributed by atoms with Gasteiger partial charge in [0.2, 0.25) is 0 Å². The van der Waals surface area contributed by atoms with E-state index in [9.17, 15) is 14.9 Å². The zero-order valence-electron chi connectivity index (χ0n) is 15.5. The maximum Gasteiger partial charge on any atom is 0.337 e. The molecule has 1 aromatic rings. The van der Waals surface area contributed by atoms with Crippen LogP contribution in [-0.4, -0.2) is 56.6 Å². The SMILES string of the molecule is CCOC(=O)C(C)(C)OCCOCCOc1cc(OC)cc([N+](=O)[O-])c1. The molecule has 0 radical (unpaired) electrons. The molecule has 26 heavy (non-hydrogen) atoms. The average Bonchev–Trinajstić information content (AvgIpc) is 2.60. The fraction of sp³-hybridized carbons (Fsp3) is 0.588. The lowest BCUT2D eigenvalue weighted by Crippen LogP contribution is -2.37. The van der Waals surface area contributed by atoms with Crippen LogP contribution >= 0.6 is 0 Å².